The monoisotopic (exact) mass is 288 g/mol. The molecule has 6 nitrogen and oxygen atoms in total. The zero-order valence-electron chi connectivity index (χ0n) is 11.6. The van der Waals surface area contributed by atoms with Crippen molar-refractivity contribution in [3.8, 4) is 0 Å². The Morgan fingerprint density at radius 2 is 1.73 bits per heavy atom. The van der Waals surface area contributed by atoms with Gasteiger partial charge in [0, 0.05) is 5.39 Å². The Morgan fingerprint density at radius 3 is 2.68 bits per heavy atom. The minimum atomic E-state index is 0.519. The SMILES string of the molecule is Nc1ccc2n[nH]nc2c1N=Nc1cccc2ccccc12. The third kappa shape index (κ3) is 1.98. The molecule has 1 aromatic heterocycles. The molecule has 0 fully saturated rings. The Morgan fingerprint density at radius 1 is 0.864 bits per heavy atom. The van der Waals surface area contributed by atoms with Crippen molar-refractivity contribution in [1.82, 2.24) is 15.4 Å². The van der Waals surface area contributed by atoms with Gasteiger partial charge in [-0.05, 0) is 23.6 Å². The summed E-state index contributed by atoms with van der Waals surface area (Å²) in [6.07, 6.45) is 0. The Labute approximate surface area is 125 Å². The predicted molar refractivity (Wildman–Crippen MR) is 86.4 cm³/mol. The maximum atomic E-state index is 5.99. The number of azo groups is 1. The molecule has 1 heterocycles. The zero-order chi connectivity index (χ0) is 14.9. The molecule has 106 valence electrons. The number of benzene rings is 3. The fourth-order valence-corrected chi connectivity index (χ4v) is 2.42. The van der Waals surface area contributed by atoms with Gasteiger partial charge in [-0.2, -0.15) is 15.4 Å². The summed E-state index contributed by atoms with van der Waals surface area (Å²) in [5.74, 6) is 0. The van der Waals surface area contributed by atoms with Crippen molar-refractivity contribution in [2.75, 3.05) is 5.73 Å². The van der Waals surface area contributed by atoms with Gasteiger partial charge < -0.3 is 5.73 Å². The lowest BCUT2D eigenvalue weighted by atomic mass is 10.1. The summed E-state index contributed by atoms with van der Waals surface area (Å²) in [5, 5.41) is 21.5. The summed E-state index contributed by atoms with van der Waals surface area (Å²) in [6, 6.07) is 17.5. The number of aromatic amines is 1. The normalized spacial score (nSPS) is 11.6. The van der Waals surface area contributed by atoms with E-state index in [0.29, 0.717) is 22.4 Å². The second-order valence-electron chi connectivity index (χ2n) is 4.89. The van der Waals surface area contributed by atoms with E-state index in [0.717, 1.165) is 16.5 Å². The fourth-order valence-electron chi connectivity index (χ4n) is 2.42. The molecule has 6 heteroatoms. The van der Waals surface area contributed by atoms with Gasteiger partial charge in [0.1, 0.15) is 16.7 Å². The van der Waals surface area contributed by atoms with Crippen LogP contribution >= 0.6 is 0 Å². The molecule has 0 spiro atoms. The molecule has 4 aromatic rings. The standard InChI is InChI=1S/C16H12N6/c17-12-8-9-14-16(21-22-19-14)15(12)20-18-13-7-3-5-10-4-1-2-6-11(10)13/h1-9H,17H2,(H,19,21,22). The highest BCUT2D eigenvalue weighted by atomic mass is 15.3. The number of hydrogen-bond acceptors (Lipinski definition) is 5. The third-order valence-electron chi connectivity index (χ3n) is 3.52. The first-order valence-corrected chi connectivity index (χ1v) is 6.81. The van der Waals surface area contributed by atoms with E-state index in [4.69, 9.17) is 5.73 Å². The predicted octanol–water partition coefficient (Wildman–Crippen LogP) is 4.11. The molecule has 0 bridgehead atoms. The van der Waals surface area contributed by atoms with Crippen LogP contribution in [0.2, 0.25) is 0 Å². The molecule has 0 atom stereocenters. The van der Waals surface area contributed by atoms with Crippen LogP contribution in [0.5, 0.6) is 0 Å². The maximum absolute atomic E-state index is 5.99. The van der Waals surface area contributed by atoms with Crippen LogP contribution in [0.3, 0.4) is 0 Å². The number of rotatable bonds is 2. The summed E-state index contributed by atoms with van der Waals surface area (Å²) in [6.45, 7) is 0. The van der Waals surface area contributed by atoms with E-state index < -0.39 is 0 Å². The maximum Gasteiger partial charge on any atom is 0.142 e. The largest absolute Gasteiger partial charge is 0.397 e. The topological polar surface area (TPSA) is 92.3 Å². The van der Waals surface area contributed by atoms with Crippen LogP contribution in [0.4, 0.5) is 17.1 Å². The van der Waals surface area contributed by atoms with Crippen LogP contribution in [0, 0.1) is 0 Å². The molecule has 0 aliphatic carbocycles. The van der Waals surface area contributed by atoms with Crippen LogP contribution in [0.25, 0.3) is 21.8 Å². The lowest BCUT2D eigenvalue weighted by molar-refractivity contribution is 0.959. The van der Waals surface area contributed by atoms with Gasteiger partial charge >= 0.3 is 0 Å². The summed E-state index contributed by atoms with van der Waals surface area (Å²) < 4.78 is 0. The number of hydrogen-bond donors (Lipinski definition) is 2. The molecule has 3 N–H and O–H groups in total. The van der Waals surface area contributed by atoms with E-state index >= 15 is 0 Å². The van der Waals surface area contributed by atoms with E-state index in [1.165, 1.54) is 0 Å². The fraction of sp³-hybridized carbons (Fsp3) is 0. The number of H-pyrrole nitrogens is 1. The van der Waals surface area contributed by atoms with Gasteiger partial charge in [-0.25, -0.2) is 0 Å². The number of fused-ring (bicyclic) bond motifs is 2. The van der Waals surface area contributed by atoms with Gasteiger partial charge in [-0.3, -0.25) is 0 Å². The van der Waals surface area contributed by atoms with Crippen molar-refractivity contribution in [2.45, 2.75) is 0 Å². The molecule has 0 saturated heterocycles. The Bertz CT molecular complexity index is 997. The molecule has 0 amide bonds. The Hall–Kier alpha value is -3.28. The van der Waals surface area contributed by atoms with E-state index in [1.54, 1.807) is 12.1 Å². The number of anilines is 1. The molecular formula is C16H12N6. The molecule has 0 unspecified atom stereocenters. The first-order chi connectivity index (χ1) is 10.8. The van der Waals surface area contributed by atoms with Crippen molar-refractivity contribution < 1.29 is 0 Å². The molecule has 0 radical (unpaired) electrons. The number of aromatic nitrogens is 3. The van der Waals surface area contributed by atoms with Gasteiger partial charge in [0.05, 0.1) is 11.4 Å². The summed E-state index contributed by atoms with van der Waals surface area (Å²) in [4.78, 5) is 0. The average molecular weight is 288 g/mol. The molecule has 0 aliphatic heterocycles. The van der Waals surface area contributed by atoms with Crippen LogP contribution in [-0.4, -0.2) is 15.4 Å². The molecule has 0 aliphatic rings. The molecule has 3 aromatic carbocycles. The lowest BCUT2D eigenvalue weighted by Gasteiger charge is -2.01. The number of nitrogen functional groups attached to an aromatic ring is 1. The van der Waals surface area contributed by atoms with Crippen molar-refractivity contribution in [3.63, 3.8) is 0 Å². The minimum Gasteiger partial charge on any atom is -0.397 e. The highest BCUT2D eigenvalue weighted by Gasteiger charge is 2.08. The smallest absolute Gasteiger partial charge is 0.142 e. The number of nitrogens with two attached hydrogens (primary N) is 1. The first kappa shape index (κ1) is 12.5. The van der Waals surface area contributed by atoms with E-state index in [2.05, 4.69) is 25.6 Å². The van der Waals surface area contributed by atoms with Crippen molar-refractivity contribution in [1.29, 1.82) is 0 Å². The average Bonchev–Trinajstić information content (AvgIpc) is 3.03. The van der Waals surface area contributed by atoms with E-state index in [1.807, 2.05) is 42.5 Å². The summed E-state index contributed by atoms with van der Waals surface area (Å²) in [5.41, 5.74) is 9.15. The molecule has 0 saturated carbocycles. The molecule has 22 heavy (non-hydrogen) atoms. The van der Waals surface area contributed by atoms with Gasteiger partial charge in [-0.1, -0.05) is 36.4 Å². The van der Waals surface area contributed by atoms with Gasteiger partial charge in [0.15, 0.2) is 0 Å². The Kier molecular flexibility index (Phi) is 2.79. The number of nitrogens with one attached hydrogen (secondary N) is 1. The molecule has 4 rings (SSSR count). The van der Waals surface area contributed by atoms with Gasteiger partial charge in [0.2, 0.25) is 0 Å². The van der Waals surface area contributed by atoms with E-state index in [9.17, 15) is 0 Å². The van der Waals surface area contributed by atoms with Gasteiger partial charge in [0.25, 0.3) is 0 Å². The van der Waals surface area contributed by atoms with Crippen LogP contribution in [-0.2, 0) is 0 Å². The van der Waals surface area contributed by atoms with E-state index in [-0.39, 0.29) is 0 Å². The quantitative estimate of drug-likeness (QED) is 0.429. The second kappa shape index (κ2) is 4.92. The summed E-state index contributed by atoms with van der Waals surface area (Å²) in [7, 11) is 0. The van der Waals surface area contributed by atoms with Crippen molar-refractivity contribution in [3.05, 3.63) is 54.6 Å². The zero-order valence-corrected chi connectivity index (χ0v) is 11.6. The minimum absolute atomic E-state index is 0.519. The van der Waals surface area contributed by atoms with Crippen molar-refractivity contribution >= 4 is 38.9 Å². The highest BCUT2D eigenvalue weighted by Crippen LogP contribution is 2.32. The Balaban J connectivity index is 1.86. The third-order valence-corrected chi connectivity index (χ3v) is 3.52. The molecular weight excluding hydrogens is 276 g/mol. The van der Waals surface area contributed by atoms with Gasteiger partial charge in [-0.15, -0.1) is 10.2 Å². The van der Waals surface area contributed by atoms with Crippen LogP contribution < -0.4 is 5.73 Å². The lowest BCUT2D eigenvalue weighted by Crippen LogP contribution is -1.85. The second-order valence-corrected chi connectivity index (χ2v) is 4.89. The highest BCUT2D eigenvalue weighted by molar-refractivity contribution is 5.94. The number of nitrogens with zero attached hydrogens (tertiary/aromatic N) is 4. The summed E-state index contributed by atoms with van der Waals surface area (Å²) >= 11 is 0. The van der Waals surface area contributed by atoms with Crippen LogP contribution in [0.15, 0.2) is 64.8 Å². The van der Waals surface area contributed by atoms with Crippen LogP contribution in [0.1, 0.15) is 0 Å². The van der Waals surface area contributed by atoms with Crippen molar-refractivity contribution in [2.24, 2.45) is 10.2 Å². The first-order valence-electron chi connectivity index (χ1n) is 6.81.